The van der Waals surface area contributed by atoms with Crippen LogP contribution in [-0.2, 0) is 4.79 Å². The van der Waals surface area contributed by atoms with Crippen LogP contribution in [0.1, 0.15) is 12.8 Å². The minimum atomic E-state index is -0.827. The average molecular weight is 183 g/mol. The van der Waals surface area contributed by atoms with Gasteiger partial charge in [0.25, 0.3) is 0 Å². The van der Waals surface area contributed by atoms with E-state index in [1.807, 2.05) is 0 Å². The largest absolute Gasteiger partial charge is 0.572 e. The molecular formula is C5H9ClNO2S-. The van der Waals surface area contributed by atoms with Gasteiger partial charge in [-0.2, -0.15) is 12.6 Å². The molecule has 0 amide bonds. The van der Waals surface area contributed by atoms with Gasteiger partial charge in [0.15, 0.2) is 0 Å². The molecule has 0 saturated carbocycles. The van der Waals surface area contributed by atoms with Crippen LogP contribution in [0, 0.1) is 0 Å². The van der Waals surface area contributed by atoms with Crippen LogP contribution in [0.4, 0.5) is 0 Å². The molecule has 0 bridgehead atoms. The first kappa shape index (κ1) is 10.1. The maximum atomic E-state index is 10.0. The highest BCUT2D eigenvalue weighted by atomic mass is 35.5. The van der Waals surface area contributed by atoms with Crippen LogP contribution in [0.15, 0.2) is 0 Å². The SMILES string of the molecule is O=C(O)CCC(CS)[N-]Cl. The Labute approximate surface area is 70.3 Å². The third-order valence-corrected chi connectivity index (χ3v) is 1.74. The van der Waals surface area contributed by atoms with Gasteiger partial charge in [-0.05, 0) is 5.75 Å². The van der Waals surface area contributed by atoms with Crippen molar-refractivity contribution in [2.24, 2.45) is 0 Å². The van der Waals surface area contributed by atoms with Crippen molar-refractivity contribution in [3.05, 3.63) is 4.84 Å². The van der Waals surface area contributed by atoms with Crippen molar-refractivity contribution in [2.45, 2.75) is 18.9 Å². The topological polar surface area (TPSA) is 51.4 Å². The summed E-state index contributed by atoms with van der Waals surface area (Å²) in [7, 11) is 0. The molecule has 0 radical (unpaired) electrons. The zero-order valence-electron chi connectivity index (χ0n) is 5.33. The van der Waals surface area contributed by atoms with Crippen molar-refractivity contribution in [1.29, 1.82) is 0 Å². The highest BCUT2D eigenvalue weighted by molar-refractivity contribution is 7.80. The van der Waals surface area contributed by atoms with Gasteiger partial charge in [0.05, 0.1) is 0 Å². The number of hydrogen-bond acceptors (Lipinski definition) is 2. The minimum Gasteiger partial charge on any atom is -0.572 e. The summed E-state index contributed by atoms with van der Waals surface area (Å²) in [6.07, 6.45) is 0.559. The van der Waals surface area contributed by atoms with E-state index < -0.39 is 5.97 Å². The van der Waals surface area contributed by atoms with Gasteiger partial charge in [0.2, 0.25) is 0 Å². The van der Waals surface area contributed by atoms with Crippen LogP contribution >= 0.6 is 24.4 Å². The predicted octanol–water partition coefficient (Wildman–Crippen LogP) is 1.68. The Hall–Kier alpha value is 0.0700. The first-order chi connectivity index (χ1) is 4.70. The average Bonchev–Trinajstić information content (AvgIpc) is 1.90. The highest BCUT2D eigenvalue weighted by Gasteiger charge is 1.99. The summed E-state index contributed by atoms with van der Waals surface area (Å²) in [5, 5.41) is 8.24. The molecule has 0 aliphatic carbocycles. The fourth-order valence-corrected chi connectivity index (χ4v) is 0.988. The van der Waals surface area contributed by atoms with Gasteiger partial charge < -0.3 is 9.94 Å². The summed E-state index contributed by atoms with van der Waals surface area (Å²) < 4.78 is 0. The summed E-state index contributed by atoms with van der Waals surface area (Å²) in [6.45, 7) is 0. The van der Waals surface area contributed by atoms with E-state index in [4.69, 9.17) is 16.9 Å². The normalized spacial score (nSPS) is 13.0. The number of hydrogen-bond donors (Lipinski definition) is 2. The van der Waals surface area contributed by atoms with Crippen molar-refractivity contribution in [1.82, 2.24) is 0 Å². The fraction of sp³-hybridized carbons (Fsp3) is 0.800. The van der Waals surface area contributed by atoms with Gasteiger partial charge in [0.1, 0.15) is 0 Å². The molecule has 0 fully saturated rings. The standard InChI is InChI=1S/C5H9ClNO2S/c6-7-4(3-10)1-2-5(8)9/h4,10H,1-3H2,(H,8,9)/q-1. The van der Waals surface area contributed by atoms with Crippen molar-refractivity contribution in [3.63, 3.8) is 0 Å². The molecule has 5 heteroatoms. The number of carbonyl (C=O) groups is 1. The lowest BCUT2D eigenvalue weighted by atomic mass is 10.2. The second kappa shape index (κ2) is 5.82. The molecule has 3 nitrogen and oxygen atoms in total. The quantitative estimate of drug-likeness (QED) is 0.636. The Kier molecular flexibility index (Phi) is 5.87. The fourth-order valence-electron chi connectivity index (χ4n) is 0.461. The van der Waals surface area contributed by atoms with Crippen LogP contribution in [0.25, 0.3) is 4.84 Å². The Morgan fingerprint density at radius 2 is 2.40 bits per heavy atom. The minimum absolute atomic E-state index is 0.0987. The number of carboxylic acid groups (broad SMARTS) is 1. The molecule has 0 spiro atoms. The number of nitrogens with zero attached hydrogens (tertiary/aromatic N) is 1. The lowest BCUT2D eigenvalue weighted by Crippen LogP contribution is -2.08. The predicted molar refractivity (Wildman–Crippen MR) is 43.7 cm³/mol. The second-order valence-electron chi connectivity index (χ2n) is 1.87. The van der Waals surface area contributed by atoms with Crippen LogP contribution in [-0.4, -0.2) is 22.9 Å². The summed E-state index contributed by atoms with van der Waals surface area (Å²) in [5.74, 6) is -0.330. The molecule has 0 aliphatic heterocycles. The van der Waals surface area contributed by atoms with Crippen LogP contribution in [0.3, 0.4) is 0 Å². The molecule has 0 heterocycles. The van der Waals surface area contributed by atoms with Gasteiger partial charge >= 0.3 is 5.97 Å². The first-order valence-electron chi connectivity index (χ1n) is 2.84. The van der Waals surface area contributed by atoms with E-state index >= 15 is 0 Å². The second-order valence-corrected chi connectivity index (χ2v) is 2.43. The molecule has 0 rings (SSSR count). The summed E-state index contributed by atoms with van der Waals surface area (Å²) in [6, 6.07) is -0.138. The summed E-state index contributed by atoms with van der Waals surface area (Å²) in [4.78, 5) is 13.4. The van der Waals surface area contributed by atoms with E-state index in [2.05, 4.69) is 17.5 Å². The van der Waals surface area contributed by atoms with Gasteiger partial charge in [-0.1, -0.05) is 6.42 Å². The van der Waals surface area contributed by atoms with Gasteiger partial charge in [-0.15, -0.1) is 6.04 Å². The maximum Gasteiger partial charge on any atom is 0.303 e. The summed E-state index contributed by atoms with van der Waals surface area (Å²) in [5.41, 5.74) is 0. The van der Waals surface area contributed by atoms with Gasteiger partial charge in [0, 0.05) is 6.42 Å². The molecular weight excluding hydrogens is 174 g/mol. The number of rotatable bonds is 5. The molecule has 0 aromatic rings. The third-order valence-electron chi connectivity index (χ3n) is 1.04. The molecule has 1 N–H and O–H groups in total. The Balaban J connectivity index is 3.34. The van der Waals surface area contributed by atoms with Crippen molar-refractivity contribution in [3.8, 4) is 0 Å². The van der Waals surface area contributed by atoms with Crippen molar-refractivity contribution < 1.29 is 9.90 Å². The van der Waals surface area contributed by atoms with Gasteiger partial charge in [-0.3, -0.25) is 16.6 Å². The van der Waals surface area contributed by atoms with E-state index in [1.165, 1.54) is 0 Å². The molecule has 10 heavy (non-hydrogen) atoms. The number of halogens is 1. The molecule has 0 aromatic heterocycles. The zero-order chi connectivity index (χ0) is 7.98. The number of carboxylic acids is 1. The summed E-state index contributed by atoms with van der Waals surface area (Å²) >= 11 is 9.06. The van der Waals surface area contributed by atoms with Crippen molar-refractivity contribution >= 4 is 30.4 Å². The molecule has 60 valence electrons. The Morgan fingerprint density at radius 3 is 2.70 bits per heavy atom. The third kappa shape index (κ3) is 4.90. The van der Waals surface area contributed by atoms with E-state index in [1.54, 1.807) is 0 Å². The van der Waals surface area contributed by atoms with E-state index in [9.17, 15) is 4.79 Å². The molecule has 0 aliphatic rings. The molecule has 1 atom stereocenters. The van der Waals surface area contributed by atoms with Crippen LogP contribution in [0.5, 0.6) is 0 Å². The van der Waals surface area contributed by atoms with Crippen LogP contribution in [0.2, 0.25) is 0 Å². The highest BCUT2D eigenvalue weighted by Crippen LogP contribution is 2.11. The zero-order valence-corrected chi connectivity index (χ0v) is 6.98. The van der Waals surface area contributed by atoms with Gasteiger partial charge in [-0.25, -0.2) is 0 Å². The van der Waals surface area contributed by atoms with E-state index in [-0.39, 0.29) is 12.5 Å². The van der Waals surface area contributed by atoms with Crippen LogP contribution < -0.4 is 0 Å². The lowest BCUT2D eigenvalue weighted by Gasteiger charge is -2.22. The van der Waals surface area contributed by atoms with Crippen molar-refractivity contribution in [2.75, 3.05) is 5.75 Å². The Bertz CT molecular complexity index is 108. The first-order valence-corrected chi connectivity index (χ1v) is 3.81. The van der Waals surface area contributed by atoms with E-state index in [0.717, 1.165) is 0 Å². The van der Waals surface area contributed by atoms with E-state index in [0.29, 0.717) is 12.2 Å². The molecule has 0 aromatic carbocycles. The maximum absolute atomic E-state index is 10.0. The Morgan fingerprint density at radius 1 is 1.80 bits per heavy atom. The number of thiol groups is 1. The monoisotopic (exact) mass is 182 g/mol. The molecule has 0 saturated heterocycles. The smallest absolute Gasteiger partial charge is 0.303 e. The molecule has 1 unspecified atom stereocenters. The lowest BCUT2D eigenvalue weighted by molar-refractivity contribution is -0.137. The number of aliphatic carboxylic acids is 1.